The summed E-state index contributed by atoms with van der Waals surface area (Å²) in [7, 11) is 0. The summed E-state index contributed by atoms with van der Waals surface area (Å²) in [5.41, 5.74) is 5.99. The highest BCUT2D eigenvalue weighted by Crippen LogP contribution is 2.34. The molecule has 0 amide bonds. The van der Waals surface area contributed by atoms with Crippen molar-refractivity contribution < 1.29 is 0 Å². The normalized spacial score (nSPS) is 22.2. The van der Waals surface area contributed by atoms with Gasteiger partial charge in [0.25, 0.3) is 0 Å². The van der Waals surface area contributed by atoms with E-state index in [0.29, 0.717) is 0 Å². The van der Waals surface area contributed by atoms with E-state index in [-0.39, 0.29) is 0 Å². The largest absolute Gasteiger partial charge is 0.0885 e. The molecule has 0 bridgehead atoms. The highest BCUT2D eigenvalue weighted by Gasteiger charge is 2.21. The molecule has 24 heavy (non-hydrogen) atoms. The molecule has 0 N–H and O–H groups in total. The van der Waals surface area contributed by atoms with Crippen LogP contribution in [-0.4, -0.2) is 0 Å². The summed E-state index contributed by atoms with van der Waals surface area (Å²) in [5.74, 6) is 1.83. The lowest BCUT2D eigenvalue weighted by Crippen LogP contribution is -2.16. The molecule has 0 spiro atoms. The summed E-state index contributed by atoms with van der Waals surface area (Å²) >= 11 is 0. The lowest BCUT2D eigenvalue weighted by molar-refractivity contribution is 0.272. The predicted molar refractivity (Wildman–Crippen MR) is 107 cm³/mol. The molecule has 0 aliphatic heterocycles. The second-order valence-corrected chi connectivity index (χ2v) is 7.88. The summed E-state index contributed by atoms with van der Waals surface area (Å²) in [6.07, 6.45) is 17.5. The summed E-state index contributed by atoms with van der Waals surface area (Å²) < 4.78 is 0. The average Bonchev–Trinajstić information content (AvgIpc) is 2.57. The van der Waals surface area contributed by atoms with E-state index >= 15 is 0 Å². The van der Waals surface area contributed by atoms with Crippen molar-refractivity contribution in [1.82, 2.24) is 0 Å². The molecule has 1 aliphatic carbocycles. The quantitative estimate of drug-likeness (QED) is 0.460. The van der Waals surface area contributed by atoms with Crippen LogP contribution in [0.4, 0.5) is 0 Å². The van der Waals surface area contributed by atoms with Crippen molar-refractivity contribution >= 4 is 0 Å². The molecule has 0 nitrogen and oxygen atoms in total. The van der Waals surface area contributed by atoms with Crippen LogP contribution in [0.15, 0.2) is 42.0 Å². The fourth-order valence-corrected chi connectivity index (χ4v) is 3.97. The minimum Gasteiger partial charge on any atom is -0.0885 e. The van der Waals surface area contributed by atoms with Crippen molar-refractivity contribution in [2.45, 2.75) is 79.1 Å². The molecular weight excluding hydrogens is 288 g/mol. The minimum atomic E-state index is 0.903. The third-order valence-electron chi connectivity index (χ3n) is 5.68. The maximum Gasteiger partial charge on any atom is -0.0167 e. The van der Waals surface area contributed by atoms with Gasteiger partial charge in [-0.3, -0.25) is 0 Å². The number of benzene rings is 1. The zero-order valence-corrected chi connectivity index (χ0v) is 16.3. The van der Waals surface area contributed by atoms with E-state index in [1.807, 2.05) is 0 Å². The van der Waals surface area contributed by atoms with E-state index in [4.69, 9.17) is 0 Å². The van der Waals surface area contributed by atoms with Gasteiger partial charge in [0.1, 0.15) is 0 Å². The summed E-state index contributed by atoms with van der Waals surface area (Å²) in [4.78, 5) is 0. The zero-order chi connectivity index (χ0) is 17.4. The molecule has 0 radical (unpaired) electrons. The van der Waals surface area contributed by atoms with Gasteiger partial charge >= 0.3 is 0 Å². The van der Waals surface area contributed by atoms with Gasteiger partial charge in [0.2, 0.25) is 0 Å². The van der Waals surface area contributed by atoms with E-state index in [1.165, 1.54) is 49.7 Å². The van der Waals surface area contributed by atoms with Gasteiger partial charge in [0.05, 0.1) is 0 Å². The maximum absolute atomic E-state index is 2.42. The first-order chi connectivity index (χ1) is 11.6. The molecule has 1 aliphatic rings. The standard InChI is InChI=1S/C24H36/c1-5-6-7-8-9-19(2)16-22-12-14-23(15-13-22)18-24-11-10-20(3)21(4)17-24/h6-7,9-11,17,22-23H,5,8,12-16,18H2,1-4H3. The van der Waals surface area contributed by atoms with E-state index in [1.54, 1.807) is 11.1 Å². The number of hydrogen-bond acceptors (Lipinski definition) is 0. The van der Waals surface area contributed by atoms with Crippen molar-refractivity contribution in [3.63, 3.8) is 0 Å². The highest BCUT2D eigenvalue weighted by molar-refractivity contribution is 5.30. The molecule has 1 fully saturated rings. The Balaban J connectivity index is 1.74. The van der Waals surface area contributed by atoms with Crippen LogP contribution in [0.3, 0.4) is 0 Å². The number of aryl methyl sites for hydroxylation is 2. The smallest absolute Gasteiger partial charge is 0.0167 e. The van der Waals surface area contributed by atoms with Gasteiger partial charge in [0.15, 0.2) is 0 Å². The van der Waals surface area contributed by atoms with Gasteiger partial charge in [-0.15, -0.1) is 0 Å². The molecule has 0 aromatic heterocycles. The lowest BCUT2D eigenvalue weighted by Gasteiger charge is -2.29. The van der Waals surface area contributed by atoms with E-state index < -0.39 is 0 Å². The third kappa shape index (κ3) is 6.30. The van der Waals surface area contributed by atoms with E-state index in [0.717, 1.165) is 24.7 Å². The Kier molecular flexibility index (Phi) is 7.82. The number of hydrogen-bond donors (Lipinski definition) is 0. The Morgan fingerprint density at radius 2 is 1.71 bits per heavy atom. The number of rotatable bonds is 7. The van der Waals surface area contributed by atoms with Gasteiger partial charge in [0, 0.05) is 0 Å². The van der Waals surface area contributed by atoms with E-state index in [2.05, 4.69) is 64.1 Å². The molecule has 132 valence electrons. The van der Waals surface area contributed by atoms with Crippen molar-refractivity contribution in [2.75, 3.05) is 0 Å². The molecule has 2 rings (SSSR count). The summed E-state index contributed by atoms with van der Waals surface area (Å²) in [6, 6.07) is 7.03. The summed E-state index contributed by atoms with van der Waals surface area (Å²) in [6.45, 7) is 8.96. The number of allylic oxidation sites excluding steroid dienone is 4. The Morgan fingerprint density at radius 3 is 2.38 bits per heavy atom. The van der Waals surface area contributed by atoms with Crippen LogP contribution in [0, 0.1) is 25.7 Å². The minimum absolute atomic E-state index is 0.903. The van der Waals surface area contributed by atoms with Gasteiger partial charge < -0.3 is 0 Å². The molecule has 1 aromatic rings. The topological polar surface area (TPSA) is 0 Å². The Labute approximate surface area is 150 Å². The van der Waals surface area contributed by atoms with Crippen LogP contribution < -0.4 is 0 Å². The third-order valence-corrected chi connectivity index (χ3v) is 5.68. The molecular formula is C24H36. The van der Waals surface area contributed by atoms with Crippen LogP contribution in [0.1, 0.15) is 75.5 Å². The van der Waals surface area contributed by atoms with Gasteiger partial charge in [-0.2, -0.15) is 0 Å². The Hall–Kier alpha value is -1.30. The van der Waals surface area contributed by atoms with Crippen molar-refractivity contribution in [3.05, 3.63) is 58.7 Å². The van der Waals surface area contributed by atoms with Crippen LogP contribution in [0.25, 0.3) is 0 Å². The van der Waals surface area contributed by atoms with Gasteiger partial charge in [-0.05, 0) is 101 Å². The van der Waals surface area contributed by atoms with Crippen LogP contribution >= 0.6 is 0 Å². The molecule has 0 heterocycles. The molecule has 0 saturated heterocycles. The first kappa shape index (κ1) is 19.0. The fourth-order valence-electron chi connectivity index (χ4n) is 3.97. The van der Waals surface area contributed by atoms with Crippen molar-refractivity contribution in [3.8, 4) is 0 Å². The first-order valence-electron chi connectivity index (χ1n) is 9.95. The van der Waals surface area contributed by atoms with E-state index in [9.17, 15) is 0 Å². The molecule has 0 atom stereocenters. The monoisotopic (exact) mass is 324 g/mol. The predicted octanol–water partition coefficient (Wildman–Crippen LogP) is 7.35. The zero-order valence-electron chi connectivity index (χ0n) is 16.3. The molecule has 0 heteroatoms. The van der Waals surface area contributed by atoms with Crippen molar-refractivity contribution in [1.29, 1.82) is 0 Å². The Bertz CT molecular complexity index is 553. The molecule has 1 saturated carbocycles. The first-order valence-corrected chi connectivity index (χ1v) is 9.95. The second-order valence-electron chi connectivity index (χ2n) is 7.88. The molecule has 1 aromatic carbocycles. The Morgan fingerprint density at radius 1 is 1.00 bits per heavy atom. The van der Waals surface area contributed by atoms with Gasteiger partial charge in [-0.1, -0.05) is 48.9 Å². The summed E-state index contributed by atoms with van der Waals surface area (Å²) in [5, 5.41) is 0. The van der Waals surface area contributed by atoms with Crippen LogP contribution in [-0.2, 0) is 6.42 Å². The highest BCUT2D eigenvalue weighted by atomic mass is 14.3. The maximum atomic E-state index is 2.42. The van der Waals surface area contributed by atoms with Gasteiger partial charge in [-0.25, -0.2) is 0 Å². The average molecular weight is 325 g/mol. The SMILES string of the molecule is CCC=CCC=C(C)CC1CCC(Cc2ccc(C)c(C)c2)CC1. The fraction of sp³-hybridized carbons (Fsp3) is 0.583. The molecule has 0 unspecified atom stereocenters. The van der Waals surface area contributed by atoms with Crippen molar-refractivity contribution in [2.24, 2.45) is 11.8 Å². The van der Waals surface area contributed by atoms with Crippen LogP contribution in [0.2, 0.25) is 0 Å². The van der Waals surface area contributed by atoms with Crippen LogP contribution in [0.5, 0.6) is 0 Å². The lowest BCUT2D eigenvalue weighted by atomic mass is 9.77. The second kappa shape index (κ2) is 9.87.